The summed E-state index contributed by atoms with van der Waals surface area (Å²) in [6, 6.07) is 5.91. The highest BCUT2D eigenvalue weighted by molar-refractivity contribution is 5.97. The van der Waals surface area contributed by atoms with Crippen LogP contribution in [-0.2, 0) is 10.3 Å². The van der Waals surface area contributed by atoms with Crippen LogP contribution in [0.15, 0.2) is 30.9 Å². The van der Waals surface area contributed by atoms with Crippen molar-refractivity contribution in [2.24, 2.45) is 17.3 Å². The lowest BCUT2D eigenvalue weighted by atomic mass is 9.46. The number of aryl methyl sites for hydroxylation is 1. The molecular weight excluding hydrogens is 340 g/mol. The molecule has 1 aromatic carbocycles. The Morgan fingerprint density at radius 1 is 1.26 bits per heavy atom. The molecule has 4 aliphatic rings. The zero-order valence-corrected chi connectivity index (χ0v) is 15.9. The van der Waals surface area contributed by atoms with Crippen LogP contribution in [0.4, 0.5) is 5.69 Å². The number of carbonyl (C=O) groups excluding carboxylic acids is 1. The second-order valence-electron chi connectivity index (χ2n) is 8.96. The third kappa shape index (κ3) is 2.57. The molecule has 1 aromatic heterocycles. The Morgan fingerprint density at radius 3 is 2.70 bits per heavy atom. The Hall–Kier alpha value is -2.37. The zero-order valence-electron chi connectivity index (χ0n) is 15.9. The number of rotatable bonds is 4. The van der Waals surface area contributed by atoms with Gasteiger partial charge in [-0.3, -0.25) is 4.79 Å². The molecule has 4 fully saturated rings. The first kappa shape index (κ1) is 16.8. The number of carbonyl (C=O) groups is 1. The van der Waals surface area contributed by atoms with Crippen molar-refractivity contribution in [3.63, 3.8) is 0 Å². The first-order chi connectivity index (χ1) is 13.0. The third-order valence-corrected chi connectivity index (χ3v) is 7.02. The van der Waals surface area contributed by atoms with Crippen molar-refractivity contribution in [2.45, 2.75) is 51.0 Å². The van der Waals surface area contributed by atoms with Gasteiger partial charge >= 0.3 is 0 Å². The molecule has 0 spiro atoms. The lowest BCUT2D eigenvalue weighted by molar-refractivity contribution is -0.150. The Balaban J connectivity index is 1.48. The first-order valence-electron chi connectivity index (χ1n) is 9.83. The fourth-order valence-corrected chi connectivity index (χ4v) is 6.38. The summed E-state index contributed by atoms with van der Waals surface area (Å²) in [6.45, 7) is 2.03. The maximum absolute atomic E-state index is 13.5. The van der Waals surface area contributed by atoms with Gasteiger partial charge in [0.15, 0.2) is 0 Å². The predicted molar refractivity (Wildman–Crippen MR) is 101 cm³/mol. The molecule has 2 atom stereocenters. The SMILES string of the molecule is COc1ccc(C)cc1NC(=O)C12C[C@H]3C[C@H](C1)CC(n1cncn1)(C3)C2. The molecule has 0 aliphatic heterocycles. The third-order valence-electron chi connectivity index (χ3n) is 7.02. The van der Waals surface area contributed by atoms with E-state index in [4.69, 9.17) is 4.74 Å². The second kappa shape index (κ2) is 5.81. The van der Waals surface area contributed by atoms with E-state index >= 15 is 0 Å². The molecule has 4 bridgehead atoms. The normalized spacial score (nSPS) is 33.9. The fourth-order valence-electron chi connectivity index (χ4n) is 6.38. The minimum atomic E-state index is -0.315. The van der Waals surface area contributed by atoms with Gasteiger partial charge in [0.2, 0.25) is 5.91 Å². The summed E-state index contributed by atoms with van der Waals surface area (Å²) in [7, 11) is 1.64. The number of amides is 1. The number of hydrogen-bond acceptors (Lipinski definition) is 4. The van der Waals surface area contributed by atoms with E-state index in [-0.39, 0.29) is 16.9 Å². The summed E-state index contributed by atoms with van der Waals surface area (Å²) < 4.78 is 7.50. The number of benzene rings is 1. The number of nitrogens with one attached hydrogen (secondary N) is 1. The number of aromatic nitrogens is 3. The van der Waals surface area contributed by atoms with Crippen molar-refractivity contribution in [2.75, 3.05) is 12.4 Å². The summed E-state index contributed by atoms with van der Waals surface area (Å²) in [6.07, 6.45) is 9.77. The molecular formula is C21H26N4O2. The number of hydrogen-bond donors (Lipinski definition) is 1. The monoisotopic (exact) mass is 366 g/mol. The largest absolute Gasteiger partial charge is 0.495 e. The molecule has 0 saturated heterocycles. The quantitative estimate of drug-likeness (QED) is 0.899. The second-order valence-corrected chi connectivity index (χ2v) is 8.96. The standard InChI is InChI=1S/C21H26N4O2/c1-14-3-4-18(27-2)17(5-14)24-19(26)20-7-15-6-16(8-20)10-21(9-15,11-20)25-13-22-12-23-25/h3-5,12-13,15-16H,6-11H2,1-2H3,(H,24,26)/t15-,16-,20?,21?/m1/s1. The molecule has 0 unspecified atom stereocenters. The van der Waals surface area contributed by atoms with E-state index in [0.29, 0.717) is 17.6 Å². The van der Waals surface area contributed by atoms with Crippen molar-refractivity contribution in [3.05, 3.63) is 36.4 Å². The van der Waals surface area contributed by atoms with Crippen LogP contribution in [0.5, 0.6) is 5.75 Å². The summed E-state index contributed by atoms with van der Waals surface area (Å²) >= 11 is 0. The Labute approximate surface area is 159 Å². The number of nitrogens with zero attached hydrogens (tertiary/aromatic N) is 3. The van der Waals surface area contributed by atoms with Crippen LogP contribution in [0.1, 0.15) is 44.1 Å². The molecule has 1 amide bonds. The highest BCUT2D eigenvalue weighted by atomic mass is 16.5. The van der Waals surface area contributed by atoms with E-state index in [2.05, 4.69) is 15.4 Å². The molecule has 4 saturated carbocycles. The summed E-state index contributed by atoms with van der Waals surface area (Å²) in [5, 5.41) is 7.69. The molecule has 6 rings (SSSR count). The van der Waals surface area contributed by atoms with Gasteiger partial charge < -0.3 is 10.1 Å². The van der Waals surface area contributed by atoms with Crippen LogP contribution in [0, 0.1) is 24.2 Å². The summed E-state index contributed by atoms with van der Waals surface area (Å²) in [5.41, 5.74) is 1.52. The van der Waals surface area contributed by atoms with E-state index in [1.807, 2.05) is 36.1 Å². The van der Waals surface area contributed by atoms with Crippen molar-refractivity contribution < 1.29 is 9.53 Å². The highest BCUT2D eigenvalue weighted by Crippen LogP contribution is 2.64. The molecule has 142 valence electrons. The van der Waals surface area contributed by atoms with Crippen LogP contribution in [0.2, 0.25) is 0 Å². The van der Waals surface area contributed by atoms with Crippen molar-refractivity contribution in [3.8, 4) is 5.75 Å². The number of methoxy groups -OCH3 is 1. The van der Waals surface area contributed by atoms with E-state index in [1.165, 1.54) is 6.42 Å². The van der Waals surface area contributed by atoms with E-state index in [9.17, 15) is 4.79 Å². The van der Waals surface area contributed by atoms with Gasteiger partial charge in [-0.2, -0.15) is 5.10 Å². The molecule has 4 aliphatic carbocycles. The molecule has 1 heterocycles. The lowest BCUT2D eigenvalue weighted by Gasteiger charge is -2.60. The first-order valence-corrected chi connectivity index (χ1v) is 9.83. The van der Waals surface area contributed by atoms with Crippen molar-refractivity contribution >= 4 is 11.6 Å². The molecule has 2 aromatic rings. The van der Waals surface area contributed by atoms with E-state index in [0.717, 1.165) is 43.4 Å². The highest BCUT2D eigenvalue weighted by Gasteiger charge is 2.61. The fraction of sp³-hybridized carbons (Fsp3) is 0.571. The van der Waals surface area contributed by atoms with Crippen molar-refractivity contribution in [1.82, 2.24) is 14.8 Å². The topological polar surface area (TPSA) is 69.0 Å². The number of ether oxygens (including phenoxy) is 1. The van der Waals surface area contributed by atoms with Gasteiger partial charge in [-0.25, -0.2) is 9.67 Å². The van der Waals surface area contributed by atoms with Crippen LogP contribution in [0.3, 0.4) is 0 Å². The van der Waals surface area contributed by atoms with E-state index in [1.54, 1.807) is 13.4 Å². The Morgan fingerprint density at radius 2 is 2.04 bits per heavy atom. The van der Waals surface area contributed by atoms with Gasteiger partial charge in [0.1, 0.15) is 18.4 Å². The van der Waals surface area contributed by atoms with E-state index < -0.39 is 0 Å². The van der Waals surface area contributed by atoms with Gasteiger partial charge in [-0.1, -0.05) is 6.07 Å². The average Bonchev–Trinajstić information content (AvgIpc) is 3.16. The minimum absolute atomic E-state index is 0.0470. The summed E-state index contributed by atoms with van der Waals surface area (Å²) in [4.78, 5) is 17.7. The minimum Gasteiger partial charge on any atom is -0.495 e. The van der Waals surface area contributed by atoms with Crippen LogP contribution < -0.4 is 10.1 Å². The lowest BCUT2D eigenvalue weighted by Crippen LogP contribution is -2.60. The van der Waals surface area contributed by atoms with Gasteiger partial charge in [0, 0.05) is 0 Å². The zero-order chi connectivity index (χ0) is 18.6. The summed E-state index contributed by atoms with van der Waals surface area (Å²) in [5.74, 6) is 2.05. The smallest absolute Gasteiger partial charge is 0.230 e. The van der Waals surface area contributed by atoms with Gasteiger partial charge in [0.05, 0.1) is 23.8 Å². The van der Waals surface area contributed by atoms with Gasteiger partial charge in [0.25, 0.3) is 0 Å². The van der Waals surface area contributed by atoms with Crippen molar-refractivity contribution in [1.29, 1.82) is 0 Å². The maximum atomic E-state index is 13.5. The molecule has 27 heavy (non-hydrogen) atoms. The van der Waals surface area contributed by atoms with Crippen LogP contribution >= 0.6 is 0 Å². The van der Waals surface area contributed by atoms with Crippen LogP contribution in [-0.4, -0.2) is 27.8 Å². The number of anilines is 1. The molecule has 1 N–H and O–H groups in total. The average molecular weight is 366 g/mol. The predicted octanol–water partition coefficient (Wildman–Crippen LogP) is 3.53. The molecule has 6 nitrogen and oxygen atoms in total. The molecule has 0 radical (unpaired) electrons. The Kier molecular flexibility index (Phi) is 3.61. The van der Waals surface area contributed by atoms with Gasteiger partial charge in [-0.05, 0) is 75.0 Å². The van der Waals surface area contributed by atoms with Gasteiger partial charge in [-0.15, -0.1) is 0 Å². The molecule has 6 heteroatoms. The van der Waals surface area contributed by atoms with Crippen LogP contribution in [0.25, 0.3) is 0 Å². The Bertz CT molecular complexity index is 862. The maximum Gasteiger partial charge on any atom is 0.230 e.